The van der Waals surface area contributed by atoms with Crippen molar-refractivity contribution >= 4 is 11.7 Å². The van der Waals surface area contributed by atoms with Crippen LogP contribution in [0.4, 0.5) is 5.69 Å². The van der Waals surface area contributed by atoms with Gasteiger partial charge in [-0.3, -0.25) is 4.79 Å². The van der Waals surface area contributed by atoms with Gasteiger partial charge in [-0.2, -0.15) is 0 Å². The molecule has 0 saturated carbocycles. The largest absolute Gasteiger partial charge is 0.408 e. The molecule has 1 N–H and O–H groups in total. The van der Waals surface area contributed by atoms with E-state index in [2.05, 4.69) is 16.2 Å². The van der Waals surface area contributed by atoms with Gasteiger partial charge >= 0.3 is 5.97 Å². The number of ether oxygens (including phenoxy) is 1. The van der Waals surface area contributed by atoms with Crippen molar-refractivity contribution < 1.29 is 9.53 Å². The molecule has 0 aromatic carbocycles. The lowest BCUT2D eigenvalue weighted by atomic mass is 10.4. The van der Waals surface area contributed by atoms with Gasteiger partial charge < -0.3 is 10.1 Å². The van der Waals surface area contributed by atoms with E-state index in [1.807, 2.05) is 0 Å². The Hall–Kier alpha value is -2.02. The molecule has 0 atom stereocenters. The second-order valence-electron chi connectivity index (χ2n) is 2.54. The molecular formula is C10H10N2O2. The Labute approximate surface area is 82.3 Å². The van der Waals surface area contributed by atoms with Gasteiger partial charge in [-0.25, -0.2) is 4.98 Å². The van der Waals surface area contributed by atoms with Crippen LogP contribution < -0.4 is 10.1 Å². The van der Waals surface area contributed by atoms with Gasteiger partial charge in [0.05, 0.1) is 18.4 Å². The number of terminal acetylenes is 1. The van der Waals surface area contributed by atoms with Crippen LogP contribution in [0.3, 0.4) is 0 Å². The number of hydrogen-bond donors (Lipinski definition) is 1. The van der Waals surface area contributed by atoms with Crippen molar-refractivity contribution in [2.75, 3.05) is 11.9 Å². The minimum Gasteiger partial charge on any atom is -0.408 e. The van der Waals surface area contributed by atoms with E-state index in [4.69, 9.17) is 11.2 Å². The number of aromatic nitrogens is 1. The zero-order valence-corrected chi connectivity index (χ0v) is 7.78. The number of nitrogens with zero attached hydrogens (tertiary/aromatic N) is 1. The molecule has 4 nitrogen and oxygen atoms in total. The third-order valence-corrected chi connectivity index (χ3v) is 1.38. The Balaban J connectivity index is 2.60. The molecule has 0 bridgehead atoms. The van der Waals surface area contributed by atoms with Crippen LogP contribution in [0.15, 0.2) is 18.3 Å². The molecule has 0 aliphatic carbocycles. The maximum Gasteiger partial charge on any atom is 0.309 e. The molecule has 0 saturated heterocycles. The molecule has 4 heteroatoms. The Morgan fingerprint density at radius 1 is 1.71 bits per heavy atom. The van der Waals surface area contributed by atoms with Crippen LogP contribution in [0.25, 0.3) is 0 Å². The maximum atomic E-state index is 10.6. The van der Waals surface area contributed by atoms with E-state index in [0.29, 0.717) is 6.54 Å². The molecule has 0 amide bonds. The quantitative estimate of drug-likeness (QED) is 0.571. The van der Waals surface area contributed by atoms with Crippen molar-refractivity contribution in [3.8, 4) is 18.2 Å². The minimum absolute atomic E-state index is 0.281. The first kappa shape index (κ1) is 10.1. The average Bonchev–Trinajstić information content (AvgIpc) is 2.16. The van der Waals surface area contributed by atoms with Gasteiger partial charge in [0.2, 0.25) is 5.88 Å². The summed E-state index contributed by atoms with van der Waals surface area (Å²) in [5.74, 6) is 2.33. The molecule has 0 fully saturated rings. The van der Waals surface area contributed by atoms with Crippen LogP contribution in [0.1, 0.15) is 6.92 Å². The summed E-state index contributed by atoms with van der Waals surface area (Å²) in [7, 11) is 0. The zero-order chi connectivity index (χ0) is 10.4. The molecule has 0 spiro atoms. The van der Waals surface area contributed by atoms with Gasteiger partial charge in [0.1, 0.15) is 0 Å². The van der Waals surface area contributed by atoms with E-state index >= 15 is 0 Å². The van der Waals surface area contributed by atoms with Crippen LogP contribution >= 0.6 is 0 Å². The summed E-state index contributed by atoms with van der Waals surface area (Å²) in [6.45, 7) is 1.76. The summed E-state index contributed by atoms with van der Waals surface area (Å²) in [5, 5.41) is 2.94. The van der Waals surface area contributed by atoms with Gasteiger partial charge in [0.15, 0.2) is 0 Å². The summed E-state index contributed by atoms with van der Waals surface area (Å²) in [6.07, 6.45) is 6.62. The highest BCUT2D eigenvalue weighted by Gasteiger charge is 1.98. The van der Waals surface area contributed by atoms with E-state index < -0.39 is 0 Å². The lowest BCUT2D eigenvalue weighted by Crippen LogP contribution is -2.04. The maximum absolute atomic E-state index is 10.6. The van der Waals surface area contributed by atoms with Crippen LogP contribution in [-0.4, -0.2) is 17.5 Å². The SMILES string of the molecule is C#CCNc1ccc(OC(C)=O)nc1. The lowest BCUT2D eigenvalue weighted by Gasteiger charge is -2.03. The molecule has 1 rings (SSSR count). The summed E-state index contributed by atoms with van der Waals surface area (Å²) < 4.78 is 4.76. The molecule has 72 valence electrons. The molecule has 0 unspecified atom stereocenters. The molecule has 1 aromatic heterocycles. The van der Waals surface area contributed by atoms with Crippen LogP contribution in [0.5, 0.6) is 5.88 Å². The lowest BCUT2D eigenvalue weighted by molar-refractivity contribution is -0.132. The van der Waals surface area contributed by atoms with Crippen LogP contribution in [-0.2, 0) is 4.79 Å². The number of esters is 1. The van der Waals surface area contributed by atoms with Crippen molar-refractivity contribution in [1.82, 2.24) is 4.98 Å². The number of carbonyl (C=O) groups is 1. The van der Waals surface area contributed by atoms with Crippen molar-refractivity contribution in [3.63, 3.8) is 0 Å². The molecule has 0 aliphatic rings. The van der Waals surface area contributed by atoms with Crippen molar-refractivity contribution in [1.29, 1.82) is 0 Å². The Bertz CT molecular complexity index is 351. The summed E-state index contributed by atoms with van der Waals surface area (Å²) in [6, 6.07) is 3.34. The highest BCUT2D eigenvalue weighted by molar-refractivity contribution is 5.68. The number of rotatable bonds is 3. The van der Waals surface area contributed by atoms with E-state index in [-0.39, 0.29) is 11.8 Å². The first-order valence-electron chi connectivity index (χ1n) is 4.04. The topological polar surface area (TPSA) is 51.2 Å². The monoisotopic (exact) mass is 190 g/mol. The van der Waals surface area contributed by atoms with Gasteiger partial charge in [-0.15, -0.1) is 6.42 Å². The van der Waals surface area contributed by atoms with Crippen LogP contribution in [0, 0.1) is 12.3 Å². The van der Waals surface area contributed by atoms with Gasteiger partial charge in [0.25, 0.3) is 0 Å². The van der Waals surface area contributed by atoms with Gasteiger partial charge in [-0.05, 0) is 6.07 Å². The van der Waals surface area contributed by atoms with Crippen LogP contribution in [0.2, 0.25) is 0 Å². The normalized spacial score (nSPS) is 8.86. The number of hydrogen-bond acceptors (Lipinski definition) is 4. The molecule has 0 aliphatic heterocycles. The molecular weight excluding hydrogens is 180 g/mol. The summed E-state index contributed by atoms with van der Waals surface area (Å²) in [4.78, 5) is 14.5. The van der Waals surface area contributed by atoms with E-state index in [0.717, 1.165) is 5.69 Å². The number of nitrogens with one attached hydrogen (secondary N) is 1. The summed E-state index contributed by atoms with van der Waals surface area (Å²) in [5.41, 5.74) is 0.791. The Kier molecular flexibility index (Phi) is 3.50. The van der Waals surface area contributed by atoms with Crippen molar-refractivity contribution in [2.24, 2.45) is 0 Å². The van der Waals surface area contributed by atoms with Crippen molar-refractivity contribution in [3.05, 3.63) is 18.3 Å². The van der Waals surface area contributed by atoms with Crippen molar-refractivity contribution in [2.45, 2.75) is 6.92 Å². The fourth-order valence-corrected chi connectivity index (χ4v) is 0.846. The van der Waals surface area contributed by atoms with E-state index in [1.165, 1.54) is 6.92 Å². The Morgan fingerprint density at radius 3 is 3.00 bits per heavy atom. The molecule has 14 heavy (non-hydrogen) atoms. The number of pyridine rings is 1. The minimum atomic E-state index is -0.387. The predicted octanol–water partition coefficient (Wildman–Crippen LogP) is 1.05. The second-order valence-corrected chi connectivity index (χ2v) is 2.54. The van der Waals surface area contributed by atoms with Gasteiger partial charge in [-0.1, -0.05) is 5.92 Å². The fraction of sp³-hybridized carbons (Fsp3) is 0.200. The molecule has 1 heterocycles. The fourth-order valence-electron chi connectivity index (χ4n) is 0.846. The zero-order valence-electron chi connectivity index (χ0n) is 7.78. The average molecular weight is 190 g/mol. The summed E-state index contributed by atoms with van der Waals surface area (Å²) >= 11 is 0. The third-order valence-electron chi connectivity index (χ3n) is 1.38. The Morgan fingerprint density at radius 2 is 2.50 bits per heavy atom. The third kappa shape index (κ3) is 3.15. The molecule has 1 aromatic rings. The van der Waals surface area contributed by atoms with E-state index in [9.17, 15) is 4.79 Å². The first-order valence-corrected chi connectivity index (χ1v) is 4.04. The smallest absolute Gasteiger partial charge is 0.309 e. The number of anilines is 1. The second kappa shape index (κ2) is 4.87. The first-order chi connectivity index (χ1) is 6.72. The standard InChI is InChI=1S/C10H10N2O2/c1-3-6-11-9-4-5-10(12-7-9)14-8(2)13/h1,4-5,7,11H,6H2,2H3. The predicted molar refractivity (Wildman–Crippen MR) is 52.9 cm³/mol. The highest BCUT2D eigenvalue weighted by Crippen LogP contribution is 2.10. The highest BCUT2D eigenvalue weighted by atomic mass is 16.5. The molecule has 0 radical (unpaired) electrons. The van der Waals surface area contributed by atoms with Gasteiger partial charge in [0, 0.05) is 13.0 Å². The van der Waals surface area contributed by atoms with E-state index in [1.54, 1.807) is 18.3 Å². The number of carbonyl (C=O) groups excluding carboxylic acids is 1.